The number of halogens is 1. The van der Waals surface area contributed by atoms with Gasteiger partial charge >= 0.3 is 0 Å². The van der Waals surface area contributed by atoms with Crippen LogP contribution in [0.3, 0.4) is 0 Å². The van der Waals surface area contributed by atoms with E-state index in [0.717, 1.165) is 44.1 Å². The van der Waals surface area contributed by atoms with Crippen LogP contribution < -0.4 is 20.1 Å². The molecule has 1 fully saturated rings. The van der Waals surface area contributed by atoms with Crippen molar-refractivity contribution in [3.63, 3.8) is 0 Å². The van der Waals surface area contributed by atoms with E-state index in [1.165, 1.54) is 0 Å². The van der Waals surface area contributed by atoms with Gasteiger partial charge in [0.1, 0.15) is 0 Å². The van der Waals surface area contributed by atoms with Gasteiger partial charge in [-0.25, -0.2) is 0 Å². The van der Waals surface area contributed by atoms with E-state index in [1.54, 1.807) is 7.11 Å². The maximum absolute atomic E-state index is 5.68. The fourth-order valence-corrected chi connectivity index (χ4v) is 2.81. The second-order valence-corrected chi connectivity index (χ2v) is 6.25. The van der Waals surface area contributed by atoms with Crippen molar-refractivity contribution in [2.24, 2.45) is 4.99 Å². The Bertz CT molecular complexity index is 581. The quantitative estimate of drug-likeness (QED) is 0.206. The molecule has 7 nitrogen and oxygen atoms in total. The van der Waals surface area contributed by atoms with Crippen LogP contribution in [-0.4, -0.2) is 58.7 Å². The van der Waals surface area contributed by atoms with Gasteiger partial charge in [-0.15, -0.1) is 24.0 Å². The summed E-state index contributed by atoms with van der Waals surface area (Å²) in [5, 5.41) is 6.56. The largest absolute Gasteiger partial charge is 0.493 e. The minimum atomic E-state index is 0. The second-order valence-electron chi connectivity index (χ2n) is 6.25. The Morgan fingerprint density at radius 3 is 2.82 bits per heavy atom. The lowest BCUT2D eigenvalue weighted by atomic mass is 10.2. The van der Waals surface area contributed by atoms with Crippen molar-refractivity contribution in [2.75, 3.05) is 51.9 Å². The van der Waals surface area contributed by atoms with E-state index in [1.807, 2.05) is 32.0 Å². The van der Waals surface area contributed by atoms with Crippen molar-refractivity contribution in [3.05, 3.63) is 18.2 Å². The van der Waals surface area contributed by atoms with Crippen molar-refractivity contribution in [1.29, 1.82) is 0 Å². The smallest absolute Gasteiger partial charge is 0.195 e. The summed E-state index contributed by atoms with van der Waals surface area (Å²) in [4.78, 5) is 4.61. The average Bonchev–Trinajstić information content (AvgIpc) is 3.18. The summed E-state index contributed by atoms with van der Waals surface area (Å²) in [6.45, 7) is 8.30. The SMILES string of the molecule is CCNC(=NCCCOCC1CCCO1)Nc1ccc(OC)c(OCC)c1.I. The Morgan fingerprint density at radius 2 is 2.14 bits per heavy atom. The van der Waals surface area contributed by atoms with Crippen LogP contribution in [0.2, 0.25) is 0 Å². The van der Waals surface area contributed by atoms with Gasteiger partial charge in [-0.3, -0.25) is 4.99 Å². The van der Waals surface area contributed by atoms with Gasteiger partial charge in [-0.05, 0) is 45.2 Å². The first-order valence-corrected chi connectivity index (χ1v) is 9.82. The lowest BCUT2D eigenvalue weighted by Crippen LogP contribution is -2.30. The zero-order chi connectivity index (χ0) is 19.3. The molecule has 2 N–H and O–H groups in total. The highest BCUT2D eigenvalue weighted by molar-refractivity contribution is 14.0. The highest BCUT2D eigenvalue weighted by atomic mass is 127. The third kappa shape index (κ3) is 8.83. The summed E-state index contributed by atoms with van der Waals surface area (Å²) in [5.74, 6) is 2.17. The maximum Gasteiger partial charge on any atom is 0.195 e. The average molecular weight is 507 g/mol. The number of hydrogen-bond acceptors (Lipinski definition) is 5. The van der Waals surface area contributed by atoms with Gasteiger partial charge in [-0.2, -0.15) is 0 Å². The Hall–Kier alpha value is -1.26. The van der Waals surface area contributed by atoms with E-state index in [0.29, 0.717) is 37.9 Å². The molecular weight excluding hydrogens is 473 g/mol. The number of benzene rings is 1. The molecule has 160 valence electrons. The predicted octanol–water partition coefficient (Wildman–Crippen LogP) is 3.68. The number of aliphatic imine (C=N–C) groups is 1. The maximum atomic E-state index is 5.68. The molecule has 1 saturated heterocycles. The number of methoxy groups -OCH3 is 1. The van der Waals surface area contributed by atoms with E-state index >= 15 is 0 Å². The molecule has 0 spiro atoms. The summed E-state index contributed by atoms with van der Waals surface area (Å²) in [6.07, 6.45) is 3.41. The van der Waals surface area contributed by atoms with Crippen molar-refractivity contribution >= 4 is 35.6 Å². The molecule has 1 atom stereocenters. The molecule has 0 radical (unpaired) electrons. The van der Waals surface area contributed by atoms with E-state index in [4.69, 9.17) is 18.9 Å². The first-order valence-electron chi connectivity index (χ1n) is 9.82. The van der Waals surface area contributed by atoms with Gasteiger partial charge in [0.2, 0.25) is 0 Å². The van der Waals surface area contributed by atoms with E-state index < -0.39 is 0 Å². The van der Waals surface area contributed by atoms with Gasteiger partial charge in [0, 0.05) is 38.1 Å². The Kier molecular flexibility index (Phi) is 13.0. The van der Waals surface area contributed by atoms with Gasteiger partial charge in [0.25, 0.3) is 0 Å². The van der Waals surface area contributed by atoms with Crippen LogP contribution in [-0.2, 0) is 9.47 Å². The van der Waals surface area contributed by atoms with Crippen LogP contribution in [0.1, 0.15) is 33.1 Å². The lowest BCUT2D eigenvalue weighted by molar-refractivity contribution is 0.0171. The molecule has 8 heteroatoms. The number of ether oxygens (including phenoxy) is 4. The molecule has 2 rings (SSSR count). The van der Waals surface area contributed by atoms with Crippen LogP contribution in [0.25, 0.3) is 0 Å². The van der Waals surface area contributed by atoms with Crippen LogP contribution in [0.15, 0.2) is 23.2 Å². The molecule has 1 heterocycles. The predicted molar refractivity (Wildman–Crippen MR) is 124 cm³/mol. The van der Waals surface area contributed by atoms with Gasteiger partial charge in [-0.1, -0.05) is 0 Å². The minimum absolute atomic E-state index is 0. The number of nitrogens with zero attached hydrogens (tertiary/aromatic N) is 1. The third-order valence-electron chi connectivity index (χ3n) is 4.11. The Morgan fingerprint density at radius 1 is 1.29 bits per heavy atom. The number of hydrogen-bond donors (Lipinski definition) is 2. The third-order valence-corrected chi connectivity index (χ3v) is 4.11. The van der Waals surface area contributed by atoms with Gasteiger partial charge in [0.15, 0.2) is 17.5 Å². The Balaban J connectivity index is 0.00000392. The molecule has 0 saturated carbocycles. The molecule has 28 heavy (non-hydrogen) atoms. The van der Waals surface area contributed by atoms with Crippen LogP contribution in [0.4, 0.5) is 5.69 Å². The Labute approximate surface area is 185 Å². The van der Waals surface area contributed by atoms with Gasteiger partial charge in [0.05, 0.1) is 26.4 Å². The van der Waals surface area contributed by atoms with Crippen molar-refractivity contribution in [2.45, 2.75) is 39.2 Å². The highest BCUT2D eigenvalue weighted by Gasteiger charge is 2.14. The van der Waals surface area contributed by atoms with Crippen LogP contribution >= 0.6 is 24.0 Å². The van der Waals surface area contributed by atoms with Crippen molar-refractivity contribution in [1.82, 2.24) is 5.32 Å². The van der Waals surface area contributed by atoms with Crippen molar-refractivity contribution < 1.29 is 18.9 Å². The standard InChI is InChI=1S/C20H33N3O4.HI/c1-4-21-20(22-11-7-12-25-15-17-8-6-13-27-17)23-16-9-10-18(24-3)19(14-16)26-5-2;/h9-10,14,17H,4-8,11-13,15H2,1-3H3,(H2,21,22,23);1H. The van der Waals surface area contributed by atoms with Crippen LogP contribution in [0.5, 0.6) is 11.5 Å². The topological polar surface area (TPSA) is 73.3 Å². The summed E-state index contributed by atoms with van der Waals surface area (Å²) in [5.41, 5.74) is 0.897. The first-order chi connectivity index (χ1) is 13.3. The fourth-order valence-electron chi connectivity index (χ4n) is 2.81. The number of anilines is 1. The van der Waals surface area contributed by atoms with E-state index in [9.17, 15) is 0 Å². The zero-order valence-electron chi connectivity index (χ0n) is 17.2. The fraction of sp³-hybridized carbons (Fsp3) is 0.650. The molecule has 0 aromatic heterocycles. The molecular formula is C20H34IN3O4. The van der Waals surface area contributed by atoms with E-state index in [-0.39, 0.29) is 30.1 Å². The molecule has 1 aromatic carbocycles. The summed E-state index contributed by atoms with van der Waals surface area (Å²) in [6, 6.07) is 5.74. The molecule has 1 aromatic rings. The summed E-state index contributed by atoms with van der Waals surface area (Å²) in [7, 11) is 1.64. The van der Waals surface area contributed by atoms with Crippen molar-refractivity contribution in [3.8, 4) is 11.5 Å². The molecule has 1 aliphatic heterocycles. The molecule has 0 bridgehead atoms. The minimum Gasteiger partial charge on any atom is -0.493 e. The van der Waals surface area contributed by atoms with Gasteiger partial charge < -0.3 is 29.6 Å². The monoisotopic (exact) mass is 507 g/mol. The summed E-state index contributed by atoms with van der Waals surface area (Å²) >= 11 is 0. The number of nitrogens with one attached hydrogen (secondary N) is 2. The zero-order valence-corrected chi connectivity index (χ0v) is 19.5. The molecule has 0 amide bonds. The van der Waals surface area contributed by atoms with Crippen LogP contribution in [0, 0.1) is 0 Å². The molecule has 0 aliphatic carbocycles. The second kappa shape index (κ2) is 14.7. The summed E-state index contributed by atoms with van der Waals surface area (Å²) < 4.78 is 22.2. The molecule has 1 unspecified atom stereocenters. The molecule has 1 aliphatic rings. The lowest BCUT2D eigenvalue weighted by Gasteiger charge is -2.14. The normalized spacial score (nSPS) is 16.4. The highest BCUT2D eigenvalue weighted by Crippen LogP contribution is 2.30. The number of rotatable bonds is 11. The van der Waals surface area contributed by atoms with E-state index in [2.05, 4.69) is 15.6 Å². The number of guanidine groups is 1. The first kappa shape index (κ1) is 24.8.